The van der Waals surface area contributed by atoms with E-state index in [1.54, 1.807) is 0 Å². The molecule has 0 aliphatic rings. The third-order valence-corrected chi connectivity index (χ3v) is 6.91. The minimum absolute atomic E-state index is 0.0821. The fraction of sp³-hybridized carbons (Fsp3) is 0.958. The van der Waals surface area contributed by atoms with Crippen LogP contribution in [0.4, 0.5) is 0 Å². The van der Waals surface area contributed by atoms with Gasteiger partial charge in [0.15, 0.2) is 6.10 Å². The van der Waals surface area contributed by atoms with Gasteiger partial charge in [0.05, 0.1) is 26.4 Å². The number of aliphatic hydroxyl groups is 4. The summed E-state index contributed by atoms with van der Waals surface area (Å²) in [7, 11) is -4.01. The van der Waals surface area contributed by atoms with E-state index < -0.39 is 44.8 Å². The van der Waals surface area contributed by atoms with Crippen molar-refractivity contribution >= 4 is 13.8 Å². The number of carbonyl (C=O) groups excluding carboxylic acids is 1. The van der Waals surface area contributed by atoms with Crippen molar-refractivity contribution < 1.29 is 48.1 Å². The van der Waals surface area contributed by atoms with Gasteiger partial charge in [-0.1, -0.05) is 78.6 Å². The molecule has 0 bridgehead atoms. The fourth-order valence-corrected chi connectivity index (χ4v) is 4.39. The highest BCUT2D eigenvalue weighted by Crippen LogP contribution is 2.50. The summed E-state index contributed by atoms with van der Waals surface area (Å²) in [6, 6.07) is 0. The third-order valence-electron chi connectivity index (χ3n) is 5.45. The maximum atomic E-state index is 13.0. The summed E-state index contributed by atoms with van der Waals surface area (Å²) >= 11 is 0. The number of ether oxygens (including phenoxy) is 1. The first-order valence-corrected chi connectivity index (χ1v) is 14.6. The number of rotatable bonds is 24. The van der Waals surface area contributed by atoms with E-state index in [9.17, 15) is 29.8 Å². The van der Waals surface area contributed by atoms with E-state index in [0.717, 1.165) is 57.8 Å². The van der Waals surface area contributed by atoms with Crippen molar-refractivity contribution in [1.82, 2.24) is 0 Å². The SMILES string of the molecule is CCCCCCOC(=O)[C@H](O)[C@@H](O)[C@H](O)[C@H](O)COP(=O)(OCCCCCC)OCCCCCC. The minimum atomic E-state index is -4.01. The van der Waals surface area contributed by atoms with Crippen molar-refractivity contribution in [2.75, 3.05) is 26.4 Å². The molecule has 0 aromatic carbocycles. The molecule has 0 rings (SSSR count). The molecule has 35 heavy (non-hydrogen) atoms. The number of phosphoric ester groups is 1. The molecule has 0 spiro atoms. The first kappa shape index (κ1) is 34.4. The topological polar surface area (TPSA) is 152 Å². The molecule has 0 saturated carbocycles. The lowest BCUT2D eigenvalue weighted by Gasteiger charge is -2.26. The van der Waals surface area contributed by atoms with Crippen molar-refractivity contribution in [2.24, 2.45) is 0 Å². The summed E-state index contributed by atoms with van der Waals surface area (Å²) in [5.41, 5.74) is 0. The molecule has 10 nitrogen and oxygen atoms in total. The summed E-state index contributed by atoms with van der Waals surface area (Å²) in [4.78, 5) is 11.9. The number of hydrogen-bond donors (Lipinski definition) is 4. The van der Waals surface area contributed by atoms with Crippen LogP contribution in [0.15, 0.2) is 0 Å². The van der Waals surface area contributed by atoms with Crippen LogP contribution >= 0.6 is 7.82 Å². The average molecular weight is 529 g/mol. The number of phosphoric acid groups is 1. The Bertz CT molecular complexity index is 544. The predicted octanol–water partition coefficient (Wildman–Crippen LogP) is 3.87. The molecular weight excluding hydrogens is 479 g/mol. The van der Waals surface area contributed by atoms with E-state index in [2.05, 4.69) is 13.8 Å². The molecule has 0 aliphatic heterocycles. The first-order valence-electron chi connectivity index (χ1n) is 13.1. The summed E-state index contributed by atoms with van der Waals surface area (Å²) in [5.74, 6) is -1.10. The van der Waals surface area contributed by atoms with Gasteiger partial charge in [-0.25, -0.2) is 9.36 Å². The van der Waals surface area contributed by atoms with Crippen molar-refractivity contribution in [2.45, 2.75) is 122 Å². The highest BCUT2D eigenvalue weighted by atomic mass is 31.2. The van der Waals surface area contributed by atoms with E-state index in [0.29, 0.717) is 19.3 Å². The van der Waals surface area contributed by atoms with Crippen LogP contribution < -0.4 is 0 Å². The minimum Gasteiger partial charge on any atom is -0.464 e. The molecule has 0 aromatic rings. The second kappa shape index (κ2) is 21.5. The molecule has 0 saturated heterocycles. The molecule has 0 aromatic heterocycles. The third kappa shape index (κ3) is 16.7. The maximum absolute atomic E-state index is 13.0. The molecule has 4 atom stereocenters. The fourth-order valence-electron chi connectivity index (χ4n) is 3.13. The summed E-state index contributed by atoms with van der Waals surface area (Å²) in [6.07, 6.45) is 2.90. The molecule has 0 aliphatic carbocycles. The lowest BCUT2D eigenvalue weighted by atomic mass is 10.0. The monoisotopic (exact) mass is 528 g/mol. The van der Waals surface area contributed by atoms with Crippen LogP contribution in [0.3, 0.4) is 0 Å². The van der Waals surface area contributed by atoms with Crippen LogP contribution in [-0.4, -0.2) is 77.2 Å². The van der Waals surface area contributed by atoms with Crippen molar-refractivity contribution in [3.05, 3.63) is 0 Å². The maximum Gasteiger partial charge on any atom is 0.474 e. The molecule has 0 fully saturated rings. The molecule has 4 N–H and O–H groups in total. The van der Waals surface area contributed by atoms with E-state index in [1.165, 1.54) is 0 Å². The molecule has 210 valence electrons. The molecule has 0 amide bonds. The lowest BCUT2D eigenvalue weighted by molar-refractivity contribution is -0.170. The van der Waals surface area contributed by atoms with Crippen molar-refractivity contribution in [3.63, 3.8) is 0 Å². The number of esters is 1. The van der Waals surface area contributed by atoms with Crippen LogP contribution in [0.2, 0.25) is 0 Å². The van der Waals surface area contributed by atoms with Gasteiger partial charge in [-0.3, -0.25) is 13.6 Å². The van der Waals surface area contributed by atoms with Gasteiger partial charge in [-0.15, -0.1) is 0 Å². The van der Waals surface area contributed by atoms with Crippen molar-refractivity contribution in [3.8, 4) is 0 Å². The molecule has 0 unspecified atom stereocenters. The zero-order valence-electron chi connectivity index (χ0n) is 21.8. The summed E-state index contributed by atoms with van der Waals surface area (Å²) in [6.45, 7) is 5.86. The summed E-state index contributed by atoms with van der Waals surface area (Å²) in [5, 5.41) is 40.4. The van der Waals surface area contributed by atoms with Crippen LogP contribution in [0, 0.1) is 0 Å². The smallest absolute Gasteiger partial charge is 0.464 e. The van der Waals surface area contributed by atoms with Gasteiger partial charge in [0, 0.05) is 0 Å². The number of carbonyl (C=O) groups is 1. The van der Waals surface area contributed by atoms with Crippen LogP contribution in [0.25, 0.3) is 0 Å². The second-order valence-electron chi connectivity index (χ2n) is 8.75. The average Bonchev–Trinajstić information content (AvgIpc) is 2.85. The van der Waals surface area contributed by atoms with Gasteiger partial charge >= 0.3 is 13.8 Å². The quantitative estimate of drug-likeness (QED) is 0.0825. The Kier molecular flexibility index (Phi) is 21.1. The predicted molar refractivity (Wildman–Crippen MR) is 133 cm³/mol. The standard InChI is InChI=1S/C24H49O10P/c1-4-7-10-13-16-31-24(29)23(28)22(27)21(26)20(25)19-34-35(30,32-17-14-11-8-5-2)33-18-15-12-9-6-3/h20-23,25-28H,4-19H2,1-3H3/t20-,21-,22+,23-/m1/s1. The van der Waals surface area contributed by atoms with Gasteiger partial charge in [0.25, 0.3) is 0 Å². The lowest BCUT2D eigenvalue weighted by Crippen LogP contribution is -2.49. The van der Waals surface area contributed by atoms with E-state index in [1.807, 2.05) is 6.92 Å². The normalized spacial score (nSPS) is 15.5. The first-order chi connectivity index (χ1) is 16.7. The van der Waals surface area contributed by atoms with Gasteiger partial charge in [0.1, 0.15) is 18.3 Å². The Morgan fingerprint density at radius 3 is 1.57 bits per heavy atom. The van der Waals surface area contributed by atoms with Gasteiger partial charge in [0.2, 0.25) is 0 Å². The summed E-state index contributed by atoms with van der Waals surface area (Å²) < 4.78 is 33.8. The number of hydrogen-bond acceptors (Lipinski definition) is 10. The highest BCUT2D eigenvalue weighted by molar-refractivity contribution is 7.48. The van der Waals surface area contributed by atoms with Crippen LogP contribution in [0.5, 0.6) is 0 Å². The Balaban J connectivity index is 4.71. The van der Waals surface area contributed by atoms with Crippen LogP contribution in [-0.2, 0) is 27.7 Å². The van der Waals surface area contributed by atoms with Gasteiger partial charge in [-0.05, 0) is 19.3 Å². The zero-order chi connectivity index (χ0) is 26.5. The Morgan fingerprint density at radius 2 is 1.11 bits per heavy atom. The van der Waals surface area contributed by atoms with Gasteiger partial charge in [-0.2, -0.15) is 0 Å². The van der Waals surface area contributed by atoms with E-state index in [-0.39, 0.29) is 19.8 Å². The van der Waals surface area contributed by atoms with Crippen molar-refractivity contribution in [1.29, 1.82) is 0 Å². The Morgan fingerprint density at radius 1 is 0.657 bits per heavy atom. The molecular formula is C24H49O10P. The molecule has 0 heterocycles. The molecule has 11 heteroatoms. The molecule has 0 radical (unpaired) electrons. The number of unbranched alkanes of at least 4 members (excludes halogenated alkanes) is 9. The Labute approximate surface area is 210 Å². The van der Waals surface area contributed by atoms with Crippen LogP contribution in [0.1, 0.15) is 97.8 Å². The van der Waals surface area contributed by atoms with Gasteiger partial charge < -0.3 is 25.2 Å². The number of aliphatic hydroxyl groups excluding tert-OH is 4. The highest BCUT2D eigenvalue weighted by Gasteiger charge is 2.37. The van der Waals surface area contributed by atoms with E-state index in [4.69, 9.17) is 18.3 Å². The van der Waals surface area contributed by atoms with E-state index >= 15 is 0 Å². The second-order valence-corrected chi connectivity index (χ2v) is 10.4. The zero-order valence-corrected chi connectivity index (χ0v) is 22.7. The Hall–Kier alpha value is -0.580. The largest absolute Gasteiger partial charge is 0.474 e.